The molecular weight excluding hydrogens is 274 g/mol. The summed E-state index contributed by atoms with van der Waals surface area (Å²) >= 11 is 0. The van der Waals surface area contributed by atoms with Crippen LogP contribution in [0.4, 0.5) is 0 Å². The quantitative estimate of drug-likeness (QED) is 0.670. The molecule has 0 aliphatic rings. The number of carbonyl (C=O) groups is 1. The summed E-state index contributed by atoms with van der Waals surface area (Å²) in [7, 11) is 0. The first-order valence-electron chi connectivity index (χ1n) is 6.10. The minimum Gasteiger partial charge on any atom is -0.508 e. The fourth-order valence-electron chi connectivity index (χ4n) is 2.08. The topological polar surface area (TPSA) is 91.9 Å². The molecule has 21 heavy (non-hydrogen) atoms. The molecule has 106 valence electrons. The number of benzene rings is 2. The van der Waals surface area contributed by atoms with E-state index < -0.39 is 17.7 Å². The van der Waals surface area contributed by atoms with Crippen LogP contribution in [-0.2, 0) is 0 Å². The van der Waals surface area contributed by atoms with Crippen molar-refractivity contribution in [3.8, 4) is 17.5 Å². The predicted octanol–water partition coefficient (Wildman–Crippen LogP) is 2.03. The van der Waals surface area contributed by atoms with Gasteiger partial charge in [0.05, 0.1) is 5.56 Å². The number of phenols is 1. The van der Waals surface area contributed by atoms with Gasteiger partial charge in [0.1, 0.15) is 5.75 Å². The molecule has 0 aliphatic heterocycles. The number of fused-ring (bicyclic) bond motifs is 1. The molecule has 6 heteroatoms. The Kier molecular flexibility index (Phi) is 2.91. The molecule has 0 bridgehead atoms. The lowest BCUT2D eigenvalue weighted by atomic mass is 10.0. The van der Waals surface area contributed by atoms with Crippen molar-refractivity contribution in [1.82, 2.24) is 4.73 Å². The van der Waals surface area contributed by atoms with Gasteiger partial charge in [-0.25, -0.2) is 4.79 Å². The number of nitrogens with zero attached hydrogens (tertiary/aromatic N) is 1. The third kappa shape index (κ3) is 2.23. The third-order valence-electron chi connectivity index (χ3n) is 3.06. The van der Waals surface area contributed by atoms with Gasteiger partial charge >= 0.3 is 5.97 Å². The van der Waals surface area contributed by atoms with Crippen molar-refractivity contribution in [2.45, 2.75) is 0 Å². The zero-order chi connectivity index (χ0) is 15.0. The average molecular weight is 285 g/mol. The summed E-state index contributed by atoms with van der Waals surface area (Å²) in [6, 6.07) is 11.9. The van der Waals surface area contributed by atoms with Crippen LogP contribution in [-0.4, -0.2) is 26.0 Å². The number of phenolic OH excluding ortho intramolecular Hbond substituents is 1. The van der Waals surface area contributed by atoms with Gasteiger partial charge in [0.15, 0.2) is 0 Å². The second kappa shape index (κ2) is 4.75. The lowest BCUT2D eigenvalue weighted by Crippen LogP contribution is -2.19. The van der Waals surface area contributed by atoms with E-state index in [0.717, 1.165) is 0 Å². The van der Waals surface area contributed by atoms with Crippen molar-refractivity contribution in [3.05, 3.63) is 54.1 Å². The lowest BCUT2D eigenvalue weighted by Gasteiger charge is -2.09. The number of rotatable bonds is 2. The molecule has 0 saturated heterocycles. The normalized spacial score (nSPS) is 10.7. The van der Waals surface area contributed by atoms with Crippen LogP contribution in [0.15, 0.2) is 48.5 Å². The molecule has 3 aromatic rings. The molecule has 1 heterocycles. The molecule has 0 aliphatic carbocycles. The molecule has 0 radical (unpaired) electrons. The van der Waals surface area contributed by atoms with Crippen LogP contribution in [0.2, 0.25) is 0 Å². The Morgan fingerprint density at radius 1 is 0.952 bits per heavy atom. The van der Waals surface area contributed by atoms with E-state index in [1.54, 1.807) is 24.3 Å². The summed E-state index contributed by atoms with van der Waals surface area (Å²) in [5.41, 5.74) is 0.250. The smallest absolute Gasteiger partial charge is 0.364 e. The van der Waals surface area contributed by atoms with Crippen molar-refractivity contribution in [1.29, 1.82) is 0 Å². The summed E-state index contributed by atoms with van der Waals surface area (Å²) in [6.45, 7) is 0. The Morgan fingerprint density at radius 2 is 1.67 bits per heavy atom. The standard InChI is InChI=1S/C15H11NO5/c17-10-4-5-11-9(8-10)2-1-3-12(11)15(20)21-16-13(18)6-7-14(16)19/h1-8,17-19H. The van der Waals surface area contributed by atoms with E-state index in [-0.39, 0.29) is 11.3 Å². The van der Waals surface area contributed by atoms with Crippen LogP contribution in [0, 0.1) is 0 Å². The van der Waals surface area contributed by atoms with Gasteiger partial charge in [0.25, 0.3) is 0 Å². The first-order chi connectivity index (χ1) is 10.1. The van der Waals surface area contributed by atoms with Gasteiger partial charge in [-0.2, -0.15) is 0 Å². The van der Waals surface area contributed by atoms with Gasteiger partial charge < -0.3 is 20.2 Å². The molecular formula is C15H11NO5. The highest BCUT2D eigenvalue weighted by Gasteiger charge is 2.16. The monoisotopic (exact) mass is 285 g/mol. The van der Waals surface area contributed by atoms with E-state index in [9.17, 15) is 20.1 Å². The van der Waals surface area contributed by atoms with Crippen LogP contribution in [0.5, 0.6) is 17.5 Å². The van der Waals surface area contributed by atoms with Crippen molar-refractivity contribution in [2.75, 3.05) is 0 Å². The van der Waals surface area contributed by atoms with E-state index in [1.807, 2.05) is 0 Å². The molecule has 3 rings (SSSR count). The van der Waals surface area contributed by atoms with Crippen LogP contribution in [0.3, 0.4) is 0 Å². The molecule has 3 N–H and O–H groups in total. The maximum atomic E-state index is 12.2. The van der Waals surface area contributed by atoms with E-state index >= 15 is 0 Å². The summed E-state index contributed by atoms with van der Waals surface area (Å²) < 4.78 is 0.627. The average Bonchev–Trinajstić information content (AvgIpc) is 2.78. The molecule has 0 saturated carbocycles. The zero-order valence-electron chi connectivity index (χ0n) is 10.7. The molecule has 2 aromatic carbocycles. The summed E-state index contributed by atoms with van der Waals surface area (Å²) in [4.78, 5) is 17.1. The maximum absolute atomic E-state index is 12.2. The fraction of sp³-hybridized carbons (Fsp3) is 0. The zero-order valence-corrected chi connectivity index (χ0v) is 10.7. The highest BCUT2D eigenvalue weighted by atomic mass is 16.7. The van der Waals surface area contributed by atoms with Crippen LogP contribution >= 0.6 is 0 Å². The molecule has 1 aromatic heterocycles. The highest BCUT2D eigenvalue weighted by molar-refractivity contribution is 6.04. The second-order valence-corrected chi connectivity index (χ2v) is 4.43. The van der Waals surface area contributed by atoms with Gasteiger partial charge in [-0.05, 0) is 35.0 Å². The first kappa shape index (κ1) is 12.9. The maximum Gasteiger partial charge on any atom is 0.364 e. The largest absolute Gasteiger partial charge is 0.508 e. The highest BCUT2D eigenvalue weighted by Crippen LogP contribution is 2.24. The van der Waals surface area contributed by atoms with E-state index in [2.05, 4.69) is 0 Å². The number of aromatic nitrogens is 1. The summed E-state index contributed by atoms with van der Waals surface area (Å²) in [6.07, 6.45) is 0. The summed E-state index contributed by atoms with van der Waals surface area (Å²) in [5, 5.41) is 29.7. The van der Waals surface area contributed by atoms with Crippen molar-refractivity contribution >= 4 is 16.7 Å². The number of hydrogen-bond acceptors (Lipinski definition) is 5. The van der Waals surface area contributed by atoms with E-state index in [1.165, 1.54) is 24.3 Å². The van der Waals surface area contributed by atoms with Gasteiger partial charge in [-0.15, -0.1) is 4.73 Å². The van der Waals surface area contributed by atoms with E-state index in [0.29, 0.717) is 15.5 Å². The van der Waals surface area contributed by atoms with Crippen molar-refractivity contribution < 1.29 is 25.0 Å². The van der Waals surface area contributed by atoms with Crippen molar-refractivity contribution in [2.24, 2.45) is 0 Å². The number of aromatic hydroxyl groups is 3. The second-order valence-electron chi connectivity index (χ2n) is 4.43. The molecule has 6 nitrogen and oxygen atoms in total. The van der Waals surface area contributed by atoms with Gasteiger partial charge in [-0.1, -0.05) is 12.1 Å². The Morgan fingerprint density at radius 3 is 2.38 bits per heavy atom. The van der Waals surface area contributed by atoms with Crippen molar-refractivity contribution in [3.63, 3.8) is 0 Å². The molecule has 0 spiro atoms. The lowest BCUT2D eigenvalue weighted by molar-refractivity contribution is 0.0384. The molecule has 0 amide bonds. The number of hydrogen-bond donors (Lipinski definition) is 3. The van der Waals surface area contributed by atoms with Gasteiger partial charge in [-0.3, -0.25) is 0 Å². The first-order valence-corrected chi connectivity index (χ1v) is 6.10. The Hall–Kier alpha value is -3.15. The Balaban J connectivity index is 2.02. The third-order valence-corrected chi connectivity index (χ3v) is 3.06. The van der Waals surface area contributed by atoms with Gasteiger partial charge in [0.2, 0.25) is 11.8 Å². The van der Waals surface area contributed by atoms with Crippen LogP contribution < -0.4 is 4.84 Å². The molecule has 0 atom stereocenters. The SMILES string of the molecule is O=C(On1c(O)ccc1O)c1cccc2cc(O)ccc12. The molecule has 0 fully saturated rings. The number of carbonyl (C=O) groups excluding carboxylic acids is 1. The van der Waals surface area contributed by atoms with E-state index in [4.69, 9.17) is 4.84 Å². The minimum atomic E-state index is -0.743. The Labute approximate surface area is 119 Å². The fourth-order valence-corrected chi connectivity index (χ4v) is 2.08. The van der Waals surface area contributed by atoms with Crippen LogP contribution in [0.25, 0.3) is 10.8 Å². The minimum absolute atomic E-state index is 0.0914. The summed E-state index contributed by atoms with van der Waals surface area (Å²) in [5.74, 6) is -1.43. The molecule has 0 unspecified atom stereocenters. The van der Waals surface area contributed by atoms with Gasteiger partial charge in [0, 0.05) is 12.1 Å². The predicted molar refractivity (Wildman–Crippen MR) is 74.3 cm³/mol. The Bertz CT molecular complexity index is 818. The van der Waals surface area contributed by atoms with Crippen LogP contribution in [0.1, 0.15) is 10.4 Å².